The SMILES string of the molecule is CN(Cc1cc(C(F)(F)F)cc(C(F)(F)F)c1)C(=O)C/C(=C1/CCCNC1)c1ccc(F)cc1. The van der Waals surface area contributed by atoms with Crippen molar-refractivity contribution < 1.29 is 35.5 Å². The van der Waals surface area contributed by atoms with Gasteiger partial charge in [0.2, 0.25) is 5.91 Å². The summed E-state index contributed by atoms with van der Waals surface area (Å²) in [6.45, 7) is 0.910. The zero-order chi connectivity index (χ0) is 25.1. The number of amides is 1. The minimum absolute atomic E-state index is 0.0540. The molecule has 2 aromatic rings. The van der Waals surface area contributed by atoms with Crippen LogP contribution >= 0.6 is 0 Å². The molecule has 1 N–H and O–H groups in total. The number of alkyl halides is 6. The Morgan fingerprint density at radius 1 is 0.971 bits per heavy atom. The van der Waals surface area contributed by atoms with E-state index < -0.39 is 41.7 Å². The van der Waals surface area contributed by atoms with Crippen LogP contribution in [0.3, 0.4) is 0 Å². The molecule has 0 spiro atoms. The highest BCUT2D eigenvalue weighted by Gasteiger charge is 2.37. The smallest absolute Gasteiger partial charge is 0.341 e. The van der Waals surface area contributed by atoms with Crippen molar-refractivity contribution in [2.24, 2.45) is 0 Å². The first-order valence-electron chi connectivity index (χ1n) is 10.5. The van der Waals surface area contributed by atoms with Crippen LogP contribution in [0.4, 0.5) is 30.7 Å². The van der Waals surface area contributed by atoms with Crippen LogP contribution in [0, 0.1) is 5.82 Å². The van der Waals surface area contributed by atoms with Crippen LogP contribution < -0.4 is 5.32 Å². The van der Waals surface area contributed by atoms with Crippen molar-refractivity contribution in [2.75, 3.05) is 20.1 Å². The lowest BCUT2D eigenvalue weighted by atomic mass is 9.92. The first kappa shape index (κ1) is 25.7. The number of hydrogen-bond donors (Lipinski definition) is 1. The highest BCUT2D eigenvalue weighted by atomic mass is 19.4. The van der Waals surface area contributed by atoms with Gasteiger partial charge in [0, 0.05) is 20.1 Å². The van der Waals surface area contributed by atoms with Crippen LogP contribution in [0.15, 0.2) is 48.0 Å². The third-order valence-corrected chi connectivity index (χ3v) is 5.61. The Kier molecular flexibility index (Phi) is 7.70. The molecule has 1 aliphatic heterocycles. The van der Waals surface area contributed by atoms with Crippen molar-refractivity contribution in [1.29, 1.82) is 0 Å². The number of hydrogen-bond acceptors (Lipinski definition) is 2. The van der Waals surface area contributed by atoms with Gasteiger partial charge in [-0.25, -0.2) is 4.39 Å². The highest BCUT2D eigenvalue weighted by molar-refractivity contribution is 5.89. The first-order valence-corrected chi connectivity index (χ1v) is 10.5. The quantitative estimate of drug-likeness (QED) is 0.520. The van der Waals surface area contributed by atoms with E-state index in [9.17, 15) is 35.5 Å². The van der Waals surface area contributed by atoms with Gasteiger partial charge in [-0.1, -0.05) is 17.7 Å². The third kappa shape index (κ3) is 6.59. The monoisotopic (exact) mass is 488 g/mol. The molecule has 1 aliphatic rings. The Morgan fingerprint density at radius 3 is 2.06 bits per heavy atom. The Labute approximate surface area is 192 Å². The summed E-state index contributed by atoms with van der Waals surface area (Å²) in [7, 11) is 1.32. The molecular formula is C24H23F7N2O. The Morgan fingerprint density at radius 2 is 1.56 bits per heavy atom. The van der Waals surface area contributed by atoms with Gasteiger partial charge < -0.3 is 10.2 Å². The van der Waals surface area contributed by atoms with Crippen LogP contribution in [-0.2, 0) is 23.7 Å². The molecule has 0 bridgehead atoms. The standard InChI is InChI=1S/C24H23F7N2O/c1-33(14-15-9-18(23(26,27)28)11-19(10-15)24(29,30)31)22(34)12-21(17-3-2-8-32-13-17)16-4-6-20(25)7-5-16/h4-7,9-11,32H,2-3,8,12-14H2,1H3/b21-17+. The predicted octanol–water partition coefficient (Wildman–Crippen LogP) is 6.05. The molecule has 1 amide bonds. The topological polar surface area (TPSA) is 32.3 Å². The number of carbonyl (C=O) groups excluding carboxylic acids is 1. The number of benzene rings is 2. The van der Waals surface area contributed by atoms with E-state index in [0.717, 1.165) is 29.9 Å². The van der Waals surface area contributed by atoms with Gasteiger partial charge in [0.25, 0.3) is 0 Å². The number of halogens is 7. The maximum atomic E-state index is 13.4. The summed E-state index contributed by atoms with van der Waals surface area (Å²) >= 11 is 0. The second-order valence-electron chi connectivity index (χ2n) is 8.21. The van der Waals surface area contributed by atoms with E-state index in [1.165, 1.54) is 19.2 Å². The van der Waals surface area contributed by atoms with Crippen LogP contribution in [0.2, 0.25) is 0 Å². The summed E-state index contributed by atoms with van der Waals surface area (Å²) < 4.78 is 92.2. The summed E-state index contributed by atoms with van der Waals surface area (Å²) in [6, 6.07) is 6.90. The predicted molar refractivity (Wildman–Crippen MR) is 113 cm³/mol. The van der Waals surface area contributed by atoms with Crippen molar-refractivity contribution in [3.05, 3.63) is 76.1 Å². The van der Waals surface area contributed by atoms with E-state index >= 15 is 0 Å². The molecule has 0 aromatic heterocycles. The average Bonchev–Trinajstić information content (AvgIpc) is 2.77. The van der Waals surface area contributed by atoms with Crippen molar-refractivity contribution in [3.63, 3.8) is 0 Å². The zero-order valence-electron chi connectivity index (χ0n) is 18.3. The maximum absolute atomic E-state index is 13.4. The van der Waals surface area contributed by atoms with Gasteiger partial charge in [-0.15, -0.1) is 0 Å². The molecule has 0 radical (unpaired) electrons. The molecule has 10 heteroatoms. The van der Waals surface area contributed by atoms with Gasteiger partial charge in [0.05, 0.1) is 17.5 Å². The van der Waals surface area contributed by atoms with Crippen LogP contribution in [-0.4, -0.2) is 30.9 Å². The number of rotatable bonds is 5. The lowest BCUT2D eigenvalue weighted by molar-refractivity contribution is -0.143. The molecule has 3 nitrogen and oxygen atoms in total. The van der Waals surface area contributed by atoms with Crippen LogP contribution in [0.5, 0.6) is 0 Å². The maximum Gasteiger partial charge on any atom is 0.416 e. The average molecular weight is 488 g/mol. The van der Waals surface area contributed by atoms with Gasteiger partial charge in [0.15, 0.2) is 0 Å². The summed E-state index contributed by atoms with van der Waals surface area (Å²) in [6.07, 6.45) is -8.49. The van der Waals surface area contributed by atoms with Gasteiger partial charge in [0.1, 0.15) is 5.82 Å². The van der Waals surface area contributed by atoms with Gasteiger partial charge in [-0.2, -0.15) is 26.3 Å². The largest absolute Gasteiger partial charge is 0.416 e. The van der Waals surface area contributed by atoms with Crippen molar-refractivity contribution in [1.82, 2.24) is 10.2 Å². The molecule has 0 aliphatic carbocycles. The van der Waals surface area contributed by atoms with Crippen LogP contribution in [0.25, 0.3) is 5.57 Å². The van der Waals surface area contributed by atoms with E-state index in [1.807, 2.05) is 0 Å². The van der Waals surface area contributed by atoms with E-state index in [-0.39, 0.29) is 18.1 Å². The molecule has 184 valence electrons. The molecule has 1 saturated heterocycles. The second-order valence-corrected chi connectivity index (χ2v) is 8.21. The van der Waals surface area contributed by atoms with E-state index in [4.69, 9.17) is 0 Å². The van der Waals surface area contributed by atoms with Gasteiger partial charge in [-0.05, 0) is 66.4 Å². The molecule has 34 heavy (non-hydrogen) atoms. The number of nitrogens with zero attached hydrogens (tertiary/aromatic N) is 1. The van der Waals surface area contributed by atoms with E-state index in [0.29, 0.717) is 29.8 Å². The number of carbonyl (C=O) groups is 1. The summed E-state index contributed by atoms with van der Waals surface area (Å²) in [5.41, 5.74) is -0.878. The van der Waals surface area contributed by atoms with Crippen molar-refractivity contribution in [3.8, 4) is 0 Å². The lowest BCUT2D eigenvalue weighted by Crippen LogP contribution is -2.28. The van der Waals surface area contributed by atoms with Gasteiger partial charge in [-0.3, -0.25) is 4.79 Å². The zero-order valence-corrected chi connectivity index (χ0v) is 18.3. The molecule has 0 unspecified atom stereocenters. The Hall–Kier alpha value is -2.88. The number of piperidine rings is 1. The summed E-state index contributed by atoms with van der Waals surface area (Å²) in [4.78, 5) is 14.1. The fourth-order valence-electron chi connectivity index (χ4n) is 3.85. The second kappa shape index (κ2) is 10.2. The minimum Gasteiger partial charge on any atom is -0.341 e. The molecule has 1 fully saturated rings. The molecule has 0 atom stereocenters. The fraction of sp³-hybridized carbons (Fsp3) is 0.375. The third-order valence-electron chi connectivity index (χ3n) is 5.61. The molecule has 3 rings (SSSR count). The van der Waals surface area contributed by atoms with Gasteiger partial charge >= 0.3 is 12.4 Å². The van der Waals surface area contributed by atoms with Crippen molar-refractivity contribution >= 4 is 11.5 Å². The van der Waals surface area contributed by atoms with Crippen molar-refractivity contribution in [2.45, 2.75) is 38.2 Å². The molecule has 0 saturated carbocycles. The van der Waals surface area contributed by atoms with E-state index in [2.05, 4.69) is 5.32 Å². The first-order chi connectivity index (χ1) is 15.8. The summed E-state index contributed by atoms with van der Waals surface area (Å²) in [5.74, 6) is -0.924. The normalized spacial score (nSPS) is 16.4. The Balaban J connectivity index is 1.86. The molecular weight excluding hydrogens is 465 g/mol. The highest BCUT2D eigenvalue weighted by Crippen LogP contribution is 2.36. The lowest BCUT2D eigenvalue weighted by Gasteiger charge is -2.24. The van der Waals surface area contributed by atoms with Crippen LogP contribution in [0.1, 0.15) is 41.5 Å². The molecule has 2 aromatic carbocycles. The minimum atomic E-state index is -4.97. The molecule has 1 heterocycles. The number of nitrogens with one attached hydrogen (secondary N) is 1. The van der Waals surface area contributed by atoms with E-state index in [1.54, 1.807) is 12.1 Å². The fourth-order valence-corrected chi connectivity index (χ4v) is 3.85. The summed E-state index contributed by atoms with van der Waals surface area (Å²) in [5, 5.41) is 3.21. The Bertz CT molecular complexity index is 1020.